The normalized spacial score (nSPS) is 10.5. The molecule has 5 aromatic carbocycles. The molecule has 0 unspecified atom stereocenters. The first kappa shape index (κ1) is 50.1. The van der Waals surface area contributed by atoms with Crippen molar-refractivity contribution in [2.75, 3.05) is 0 Å². The highest BCUT2D eigenvalue weighted by Crippen LogP contribution is 2.37. The van der Waals surface area contributed by atoms with Gasteiger partial charge in [-0.25, -0.2) is 67.1 Å². The maximum atomic E-state index is 14.1. The van der Waals surface area contributed by atoms with E-state index >= 15 is 0 Å². The van der Waals surface area contributed by atoms with Crippen LogP contribution in [0.15, 0.2) is 72.8 Å². The van der Waals surface area contributed by atoms with Gasteiger partial charge in [-0.2, -0.15) is 0 Å². The van der Waals surface area contributed by atoms with Gasteiger partial charge in [-0.15, -0.1) is 0 Å². The fourth-order valence-corrected chi connectivity index (χ4v) is 7.10. The van der Waals surface area contributed by atoms with E-state index in [1.807, 2.05) is 0 Å². The minimum Gasteiger partial charge on any atom is -0.478 e. The highest BCUT2D eigenvalue weighted by atomic mass is 16.6. The number of carbonyl (C=O) groups is 14. The summed E-state index contributed by atoms with van der Waals surface area (Å²) in [5.41, 5.74) is -27.6. The van der Waals surface area contributed by atoms with E-state index in [-0.39, 0.29) is 23.3 Å². The molecule has 0 aliphatic carbocycles. The van der Waals surface area contributed by atoms with Gasteiger partial charge in [0, 0.05) is 11.1 Å². The van der Waals surface area contributed by atoms with Crippen LogP contribution in [-0.4, -0.2) is 135 Å². The number of esters is 4. The van der Waals surface area contributed by atoms with Crippen LogP contribution in [0.2, 0.25) is 0 Å². The van der Waals surface area contributed by atoms with Gasteiger partial charge in [0.1, 0.15) is 0 Å². The van der Waals surface area contributed by atoms with Crippen molar-refractivity contribution in [1.29, 1.82) is 0 Å². The van der Waals surface area contributed by atoms with E-state index in [0.29, 0.717) is 0 Å². The van der Waals surface area contributed by atoms with E-state index in [2.05, 4.69) is 9.47 Å². The van der Waals surface area contributed by atoms with Crippen molar-refractivity contribution in [3.05, 3.63) is 151 Å². The smallest absolute Gasteiger partial charge is 0.347 e. The Hall–Kier alpha value is -10.9. The van der Waals surface area contributed by atoms with E-state index in [9.17, 15) is 118 Å². The quantitative estimate of drug-likeness (QED) is 0.0493. The summed E-state index contributed by atoms with van der Waals surface area (Å²) in [7, 11) is 0. The molecule has 26 nitrogen and oxygen atoms in total. The summed E-state index contributed by atoms with van der Waals surface area (Å²) in [6.45, 7) is 0. The Balaban J connectivity index is 1.85. The minimum atomic E-state index is -2.78. The molecule has 70 heavy (non-hydrogen) atoms. The largest absolute Gasteiger partial charge is 0.478 e. The maximum Gasteiger partial charge on any atom is 0.347 e. The van der Waals surface area contributed by atoms with Crippen LogP contribution >= 0.6 is 0 Å². The highest BCUT2D eigenvalue weighted by Gasteiger charge is 2.44. The number of rotatable bonds is 16. The summed E-state index contributed by atoms with van der Waals surface area (Å²) in [4.78, 5) is 182. The van der Waals surface area contributed by atoms with E-state index in [0.717, 1.165) is 24.3 Å². The van der Waals surface area contributed by atoms with Gasteiger partial charge in [0.2, 0.25) is 0 Å². The van der Waals surface area contributed by atoms with Crippen molar-refractivity contribution in [2.24, 2.45) is 0 Å². The van der Waals surface area contributed by atoms with Crippen molar-refractivity contribution in [1.82, 2.24) is 0 Å². The zero-order valence-corrected chi connectivity index (χ0v) is 33.9. The number of aromatic carboxylic acids is 10. The second-order valence-electron chi connectivity index (χ2n) is 13.6. The van der Waals surface area contributed by atoms with Gasteiger partial charge in [-0.3, -0.25) is 0 Å². The molecular formula is C44H22O26. The van der Waals surface area contributed by atoms with E-state index in [1.54, 1.807) is 0 Å². The van der Waals surface area contributed by atoms with Gasteiger partial charge in [0.05, 0.1) is 77.9 Å². The Morgan fingerprint density at radius 2 is 0.500 bits per heavy atom. The molecule has 0 aliphatic heterocycles. The second kappa shape index (κ2) is 19.3. The van der Waals surface area contributed by atoms with E-state index in [4.69, 9.17) is 0 Å². The first-order valence-electron chi connectivity index (χ1n) is 18.4. The molecule has 26 heteroatoms. The Morgan fingerprint density at radius 1 is 0.257 bits per heavy atom. The number of hydrogen-bond donors (Lipinski definition) is 10. The number of hydrogen-bond acceptors (Lipinski definition) is 16. The van der Waals surface area contributed by atoms with Crippen LogP contribution in [-0.2, 0) is 9.47 Å². The molecule has 0 saturated heterocycles. The minimum absolute atomic E-state index is 0.154. The van der Waals surface area contributed by atoms with Crippen molar-refractivity contribution in [3.63, 3.8) is 0 Å². The van der Waals surface area contributed by atoms with Gasteiger partial charge in [-0.05, 0) is 23.3 Å². The Kier molecular flexibility index (Phi) is 13.8. The fraction of sp³-hybridized carbons (Fsp3) is 0. The van der Waals surface area contributed by atoms with Crippen LogP contribution in [0.25, 0.3) is 22.3 Å². The van der Waals surface area contributed by atoms with Crippen molar-refractivity contribution >= 4 is 83.6 Å². The first-order chi connectivity index (χ1) is 32.8. The van der Waals surface area contributed by atoms with Crippen LogP contribution in [0.4, 0.5) is 0 Å². The monoisotopic (exact) mass is 966 g/mol. The van der Waals surface area contributed by atoms with E-state index in [1.165, 1.54) is 36.4 Å². The predicted octanol–water partition coefficient (Wildman–Crippen LogP) is 4.00. The van der Waals surface area contributed by atoms with Crippen LogP contribution in [0.1, 0.15) is 145 Å². The van der Waals surface area contributed by atoms with Gasteiger partial charge in [0.25, 0.3) is 0 Å². The fourth-order valence-electron chi connectivity index (χ4n) is 7.10. The number of carbonyl (C=O) groups excluding carboxylic acids is 4. The molecule has 0 amide bonds. The standard InChI is InChI=1S/C44H22O26/c45-31(46)15-11-17(21(33(49)50)23(35(53)54)19(15)13-7-3-1-4-8-13)41(65)69-43(67)29-27(39(61)62)25(37(57)58)26(38(59)60)28(40(63)64)30(29)44(68)70-42(66)18-12-16(32(47)48)20(14-9-5-2-6-10-14)24(36(55)56)22(18)34(51)52/h1-12H,(H,45,46)(H,47,48)(H,49,50)(H,51,52)(H,53,54)(H,55,56)(H,57,58)(H,59,60)(H,61,62)(H,63,64). The second-order valence-corrected chi connectivity index (χ2v) is 13.6. The Bertz CT molecular complexity index is 3070. The van der Waals surface area contributed by atoms with Crippen LogP contribution in [0.5, 0.6) is 0 Å². The molecule has 10 N–H and O–H groups in total. The van der Waals surface area contributed by atoms with Crippen LogP contribution in [0.3, 0.4) is 0 Å². The number of benzene rings is 5. The molecule has 0 aliphatic rings. The average molecular weight is 967 g/mol. The lowest BCUT2D eigenvalue weighted by molar-refractivity contribution is 0.0348. The van der Waals surface area contributed by atoms with Crippen molar-refractivity contribution < 1.29 is 128 Å². The molecule has 0 aromatic heterocycles. The SMILES string of the molecule is O=C(OC(=O)c1c(C(=O)O)c(C(=O)O)c(C(=O)O)c(C(=O)O)c1C(=O)OC(=O)c1cc(C(=O)O)c(-c2ccccc2)c(C(=O)O)c1C(=O)O)c1cc(C(=O)O)c(-c2ccccc2)c(C(=O)O)c1C(=O)O. The van der Waals surface area contributed by atoms with Crippen LogP contribution in [0, 0.1) is 0 Å². The summed E-state index contributed by atoms with van der Waals surface area (Å²) < 4.78 is 9.07. The molecule has 354 valence electrons. The summed E-state index contributed by atoms with van der Waals surface area (Å²) in [5.74, 6) is -34.7. The molecule has 0 spiro atoms. The maximum absolute atomic E-state index is 14.1. The summed E-state index contributed by atoms with van der Waals surface area (Å²) in [6.07, 6.45) is 0. The highest BCUT2D eigenvalue weighted by molar-refractivity contribution is 6.26. The third kappa shape index (κ3) is 9.02. The molecule has 5 aromatic rings. The van der Waals surface area contributed by atoms with Gasteiger partial charge < -0.3 is 60.5 Å². The lowest BCUT2D eigenvalue weighted by Gasteiger charge is -2.19. The average Bonchev–Trinajstić information content (AvgIpc) is 3.28. The predicted molar refractivity (Wildman–Crippen MR) is 219 cm³/mol. The molecule has 0 atom stereocenters. The van der Waals surface area contributed by atoms with E-state index < -0.39 is 173 Å². The Labute approximate surface area is 383 Å². The van der Waals surface area contributed by atoms with Gasteiger partial charge in [0.15, 0.2) is 0 Å². The molecule has 5 rings (SSSR count). The number of carboxylic acids is 10. The van der Waals surface area contributed by atoms with Gasteiger partial charge >= 0.3 is 83.6 Å². The summed E-state index contributed by atoms with van der Waals surface area (Å²) in [6, 6.07) is 12.5. The number of ether oxygens (including phenoxy) is 2. The lowest BCUT2D eigenvalue weighted by atomic mass is 9.85. The molecule has 0 bridgehead atoms. The zero-order valence-electron chi connectivity index (χ0n) is 33.9. The lowest BCUT2D eigenvalue weighted by Crippen LogP contribution is -2.31. The molecule has 0 saturated carbocycles. The first-order valence-corrected chi connectivity index (χ1v) is 18.4. The summed E-state index contributed by atoms with van der Waals surface area (Å²) >= 11 is 0. The molecule has 0 heterocycles. The van der Waals surface area contributed by atoms with Crippen molar-refractivity contribution in [2.45, 2.75) is 0 Å². The van der Waals surface area contributed by atoms with Crippen molar-refractivity contribution in [3.8, 4) is 22.3 Å². The topological polar surface area (TPSA) is 460 Å². The molecule has 0 radical (unpaired) electrons. The Morgan fingerprint density at radius 3 is 0.729 bits per heavy atom. The zero-order chi connectivity index (χ0) is 52.4. The molecular weight excluding hydrogens is 944 g/mol. The van der Waals surface area contributed by atoms with Gasteiger partial charge in [-0.1, -0.05) is 60.7 Å². The van der Waals surface area contributed by atoms with Crippen LogP contribution < -0.4 is 0 Å². The third-order valence-electron chi connectivity index (χ3n) is 9.67. The molecule has 0 fully saturated rings. The third-order valence-corrected chi connectivity index (χ3v) is 9.67. The number of carboxylic acid groups (broad SMARTS) is 10. The summed E-state index contributed by atoms with van der Waals surface area (Å²) in [5, 5.41) is 101.